The van der Waals surface area contributed by atoms with Crippen LogP contribution in [0.15, 0.2) is 18.2 Å². The van der Waals surface area contributed by atoms with Crippen LogP contribution in [0.4, 0.5) is 11.4 Å². The van der Waals surface area contributed by atoms with Crippen LogP contribution in [0.2, 0.25) is 0 Å². The second-order valence-electron chi connectivity index (χ2n) is 7.59. The molecule has 27 heavy (non-hydrogen) atoms. The minimum Gasteiger partial charge on any atom is -0.398 e. The summed E-state index contributed by atoms with van der Waals surface area (Å²) in [5.41, 5.74) is 10.1. The molecule has 1 aliphatic rings. The van der Waals surface area contributed by atoms with Crippen LogP contribution in [-0.4, -0.2) is 74.0 Å². The Morgan fingerprint density at radius 2 is 1.70 bits per heavy atom. The fraction of sp³-hybridized carbons (Fsp3) is 0.579. The summed E-state index contributed by atoms with van der Waals surface area (Å²) in [6.07, 6.45) is -4.07. The molecule has 0 spiro atoms. The minimum absolute atomic E-state index is 0.0196. The van der Waals surface area contributed by atoms with Crippen LogP contribution in [-0.2, 0) is 0 Å². The summed E-state index contributed by atoms with van der Waals surface area (Å²) in [5, 5.41) is 49.7. The fourth-order valence-electron chi connectivity index (χ4n) is 3.38. The monoisotopic (exact) mass is 444 g/mol. The molecule has 2 rings (SSSR count). The maximum Gasteiger partial charge on any atom is 0.111 e. The van der Waals surface area contributed by atoms with Crippen molar-refractivity contribution in [3.8, 4) is 0 Å². The van der Waals surface area contributed by atoms with E-state index >= 15 is 0 Å². The molecule has 4 unspecified atom stereocenters. The van der Waals surface area contributed by atoms with E-state index in [1.54, 1.807) is 0 Å². The van der Waals surface area contributed by atoms with Crippen molar-refractivity contribution in [3.05, 3.63) is 29.3 Å². The number of aliphatic hydroxyl groups is 5. The van der Waals surface area contributed by atoms with Gasteiger partial charge in [-0.3, -0.25) is 0 Å². The zero-order valence-electron chi connectivity index (χ0n) is 15.8. The highest BCUT2D eigenvalue weighted by atomic mass is 79.9. The second-order valence-corrected chi connectivity index (χ2v) is 8.15. The van der Waals surface area contributed by atoms with Crippen LogP contribution < -0.4 is 10.6 Å². The van der Waals surface area contributed by atoms with E-state index in [4.69, 9.17) is 10.8 Å². The molecule has 0 aromatic heterocycles. The number of alkyl halides is 1. The lowest BCUT2D eigenvalue weighted by atomic mass is 9.87. The Balaban J connectivity index is 2.39. The first-order chi connectivity index (χ1) is 12.5. The molecular weight excluding hydrogens is 416 g/mol. The van der Waals surface area contributed by atoms with Crippen molar-refractivity contribution >= 4 is 32.9 Å². The first-order valence-electron chi connectivity index (χ1n) is 8.82. The Hall–Kier alpha value is -1.16. The molecule has 0 radical (unpaired) electrons. The molecule has 0 amide bonds. The van der Waals surface area contributed by atoms with E-state index in [0.717, 1.165) is 22.4 Å². The molecule has 152 valence electrons. The predicted molar refractivity (Wildman–Crippen MR) is 110 cm³/mol. The standard InChI is InChI=1S/C19H29BrN2O5/c1-10-4-14-12(5-13(10)21)11(7-20)6-19(2,3)22(14)8-15(24)17(26)18(27)16(25)9-23/h4-6,15-18,23-27H,7-9,21H2,1-3H3. The normalized spacial score (nSPS) is 20.5. The molecule has 0 aliphatic carbocycles. The summed E-state index contributed by atoms with van der Waals surface area (Å²) in [7, 11) is 0. The van der Waals surface area contributed by atoms with Crippen molar-refractivity contribution in [3.63, 3.8) is 0 Å². The van der Waals surface area contributed by atoms with Crippen LogP contribution in [0.3, 0.4) is 0 Å². The Bertz CT molecular complexity index is 710. The molecule has 8 heteroatoms. The highest BCUT2D eigenvalue weighted by Gasteiger charge is 2.37. The summed E-state index contributed by atoms with van der Waals surface area (Å²) in [6.45, 7) is 5.19. The molecule has 1 aliphatic heterocycles. The van der Waals surface area contributed by atoms with Gasteiger partial charge in [0.2, 0.25) is 0 Å². The van der Waals surface area contributed by atoms with Gasteiger partial charge in [0.05, 0.1) is 18.2 Å². The number of fused-ring (bicyclic) bond motifs is 1. The van der Waals surface area contributed by atoms with Crippen molar-refractivity contribution in [1.82, 2.24) is 0 Å². The van der Waals surface area contributed by atoms with Crippen molar-refractivity contribution in [1.29, 1.82) is 0 Å². The van der Waals surface area contributed by atoms with E-state index < -0.39 is 36.6 Å². The number of aliphatic hydroxyl groups excluding tert-OH is 5. The summed E-state index contributed by atoms with van der Waals surface area (Å²) in [5.74, 6) is 0. The highest BCUT2D eigenvalue weighted by Crippen LogP contribution is 2.41. The number of rotatable bonds is 7. The number of nitrogens with zero attached hydrogens (tertiary/aromatic N) is 1. The van der Waals surface area contributed by atoms with Gasteiger partial charge in [0.25, 0.3) is 0 Å². The molecule has 4 atom stereocenters. The number of hydrogen-bond donors (Lipinski definition) is 6. The third-order valence-electron chi connectivity index (χ3n) is 5.08. The zero-order valence-corrected chi connectivity index (χ0v) is 17.4. The Morgan fingerprint density at radius 3 is 2.26 bits per heavy atom. The lowest BCUT2D eigenvalue weighted by Crippen LogP contribution is -2.54. The molecule has 7 nitrogen and oxygen atoms in total. The van der Waals surface area contributed by atoms with Gasteiger partial charge in [-0.15, -0.1) is 0 Å². The van der Waals surface area contributed by atoms with Gasteiger partial charge in [0, 0.05) is 28.8 Å². The maximum atomic E-state index is 10.5. The van der Waals surface area contributed by atoms with Crippen molar-refractivity contribution in [2.75, 3.05) is 29.1 Å². The molecule has 0 bridgehead atoms. The van der Waals surface area contributed by atoms with Gasteiger partial charge in [0.15, 0.2) is 0 Å². The van der Waals surface area contributed by atoms with Crippen LogP contribution in [0.5, 0.6) is 0 Å². The Labute approximate surface area is 167 Å². The third-order valence-corrected chi connectivity index (χ3v) is 5.69. The molecule has 0 fully saturated rings. The molecular formula is C19H29BrN2O5. The fourth-order valence-corrected chi connectivity index (χ4v) is 3.85. The van der Waals surface area contributed by atoms with Crippen LogP contribution in [0.25, 0.3) is 5.57 Å². The summed E-state index contributed by atoms with van der Waals surface area (Å²) < 4.78 is 0. The minimum atomic E-state index is -1.65. The molecule has 1 aromatic rings. The quantitative estimate of drug-likeness (QED) is 0.265. The van der Waals surface area contributed by atoms with Crippen LogP contribution in [0, 0.1) is 6.92 Å². The van der Waals surface area contributed by atoms with Gasteiger partial charge in [-0.2, -0.15) is 0 Å². The van der Waals surface area contributed by atoms with Crippen molar-refractivity contribution in [2.24, 2.45) is 0 Å². The topological polar surface area (TPSA) is 130 Å². The molecule has 1 heterocycles. The molecule has 1 aromatic carbocycles. The lowest BCUT2D eigenvalue weighted by Gasteiger charge is -2.45. The van der Waals surface area contributed by atoms with Gasteiger partial charge < -0.3 is 36.2 Å². The van der Waals surface area contributed by atoms with Gasteiger partial charge >= 0.3 is 0 Å². The molecule has 7 N–H and O–H groups in total. The second kappa shape index (κ2) is 8.46. The van der Waals surface area contributed by atoms with Gasteiger partial charge in [0.1, 0.15) is 18.3 Å². The average molecular weight is 445 g/mol. The van der Waals surface area contributed by atoms with E-state index in [2.05, 4.69) is 22.0 Å². The average Bonchev–Trinajstić information content (AvgIpc) is 2.63. The van der Waals surface area contributed by atoms with Crippen molar-refractivity contribution < 1.29 is 25.5 Å². The first kappa shape index (κ1) is 22.1. The predicted octanol–water partition coefficient (Wildman–Crippen LogP) is 0.390. The number of benzene rings is 1. The number of hydrogen-bond acceptors (Lipinski definition) is 7. The van der Waals surface area contributed by atoms with Crippen LogP contribution in [0.1, 0.15) is 25.0 Å². The van der Waals surface area contributed by atoms with E-state index in [1.807, 2.05) is 37.8 Å². The van der Waals surface area contributed by atoms with Gasteiger partial charge in [-0.05, 0) is 44.0 Å². The summed E-state index contributed by atoms with van der Waals surface area (Å²) in [6, 6.07) is 3.84. The highest BCUT2D eigenvalue weighted by molar-refractivity contribution is 9.09. The van der Waals surface area contributed by atoms with E-state index in [9.17, 15) is 20.4 Å². The SMILES string of the molecule is Cc1cc2c(cc1N)C(CBr)=CC(C)(C)N2CC(O)C(O)C(O)C(O)CO. The van der Waals surface area contributed by atoms with Crippen molar-refractivity contribution in [2.45, 2.75) is 50.7 Å². The number of nitrogen functional groups attached to an aromatic ring is 1. The number of halogens is 1. The number of nitrogens with two attached hydrogens (primary N) is 1. The number of anilines is 2. The van der Waals surface area contributed by atoms with Crippen LogP contribution >= 0.6 is 15.9 Å². The van der Waals surface area contributed by atoms with E-state index in [1.165, 1.54) is 0 Å². The molecule has 0 saturated heterocycles. The Kier molecular flexibility index (Phi) is 6.94. The Morgan fingerprint density at radius 1 is 1.11 bits per heavy atom. The summed E-state index contributed by atoms with van der Waals surface area (Å²) in [4.78, 5) is 1.94. The summed E-state index contributed by atoms with van der Waals surface area (Å²) >= 11 is 3.51. The van der Waals surface area contributed by atoms with Gasteiger partial charge in [-0.1, -0.05) is 22.0 Å². The number of β-amino-alcohol motifs (C(OH)–C–C–N with tert-alkyl or cyclic N) is 1. The largest absolute Gasteiger partial charge is 0.398 e. The first-order valence-corrected chi connectivity index (χ1v) is 9.94. The lowest BCUT2D eigenvalue weighted by molar-refractivity contribution is -0.113. The van der Waals surface area contributed by atoms with E-state index in [0.29, 0.717) is 11.0 Å². The zero-order chi connectivity index (χ0) is 20.5. The molecule has 0 saturated carbocycles. The van der Waals surface area contributed by atoms with Gasteiger partial charge in [-0.25, -0.2) is 0 Å². The maximum absolute atomic E-state index is 10.5. The van der Waals surface area contributed by atoms with E-state index in [-0.39, 0.29) is 6.54 Å². The number of allylic oxidation sites excluding steroid dienone is 1. The smallest absolute Gasteiger partial charge is 0.111 e. The number of aryl methyl sites for hydroxylation is 1. The third kappa shape index (κ3) is 4.47.